The molecule has 2 rings (SSSR count). The molecule has 7 heteroatoms. The molecule has 0 saturated carbocycles. The summed E-state index contributed by atoms with van der Waals surface area (Å²) in [6.07, 6.45) is 1.69. The van der Waals surface area contributed by atoms with Gasteiger partial charge in [-0.05, 0) is 37.9 Å². The van der Waals surface area contributed by atoms with Crippen molar-refractivity contribution >= 4 is 11.8 Å². The molecule has 0 bridgehead atoms. The minimum Gasteiger partial charge on any atom is -0.522 e. The maximum absolute atomic E-state index is 12.6. The van der Waals surface area contributed by atoms with Crippen LogP contribution in [-0.4, -0.2) is 32.7 Å². The smallest absolute Gasteiger partial charge is 0.394 e. The molecule has 145 valence electrons. The van der Waals surface area contributed by atoms with Crippen molar-refractivity contribution in [3.63, 3.8) is 0 Å². The van der Waals surface area contributed by atoms with E-state index in [-0.39, 0.29) is 46.1 Å². The molecule has 1 saturated heterocycles. The van der Waals surface area contributed by atoms with Gasteiger partial charge in [0.2, 0.25) is 0 Å². The molecule has 1 atom stereocenters. The fourth-order valence-electron chi connectivity index (χ4n) is 2.26. The summed E-state index contributed by atoms with van der Waals surface area (Å²) in [4.78, 5) is 0. The van der Waals surface area contributed by atoms with Crippen LogP contribution >= 0.6 is 11.8 Å². The van der Waals surface area contributed by atoms with Crippen LogP contribution in [0.1, 0.15) is 43.7 Å². The van der Waals surface area contributed by atoms with Crippen molar-refractivity contribution in [3.8, 4) is 5.75 Å². The van der Waals surface area contributed by atoms with E-state index in [1.165, 1.54) is 13.2 Å². The number of nitrogens with one attached hydrogen (secondary N) is 1. The van der Waals surface area contributed by atoms with Crippen molar-refractivity contribution in [3.05, 3.63) is 36.8 Å². The van der Waals surface area contributed by atoms with E-state index in [1.807, 2.05) is 26.4 Å². The number of piperidine rings is 1. The predicted molar refractivity (Wildman–Crippen MR) is 98.9 cm³/mol. The predicted octanol–water partition coefficient (Wildman–Crippen LogP) is 5.43. The van der Waals surface area contributed by atoms with Crippen LogP contribution in [0.2, 0.25) is 0 Å². The van der Waals surface area contributed by atoms with E-state index < -0.39 is 11.7 Å². The van der Waals surface area contributed by atoms with E-state index in [1.54, 1.807) is 11.8 Å². The first kappa shape index (κ1) is 30.0. The number of hydrogen-bond donors (Lipinski definition) is 1. The summed E-state index contributed by atoms with van der Waals surface area (Å²) < 4.78 is 42.8. The zero-order valence-electron chi connectivity index (χ0n) is 16.1. The van der Waals surface area contributed by atoms with Crippen LogP contribution in [0.25, 0.3) is 0 Å². The molecule has 2 nitrogen and oxygen atoms in total. The fraction of sp³-hybridized carbons (Fsp3) is 0.611. The van der Waals surface area contributed by atoms with Gasteiger partial charge in [-0.15, -0.1) is 11.6 Å². The SMILES string of the molecule is CC.COc1cc(C(F)(F)F)[c-]cc1C1CCCNC1.CSC.[CH3-].[Y]. The quantitative estimate of drug-likeness (QED) is 0.602. The third-order valence-corrected chi connectivity index (χ3v) is 3.21. The molecule has 1 unspecified atom stereocenters. The summed E-state index contributed by atoms with van der Waals surface area (Å²) in [6.45, 7) is 5.73. The number of rotatable bonds is 2. The molecule has 0 spiro atoms. The first-order valence-electron chi connectivity index (χ1n) is 7.71. The summed E-state index contributed by atoms with van der Waals surface area (Å²) >= 11 is 1.75. The van der Waals surface area contributed by atoms with Crippen LogP contribution in [0.15, 0.2) is 12.1 Å². The molecule has 0 aromatic heterocycles. The maximum atomic E-state index is 12.6. The number of hydrogen-bond acceptors (Lipinski definition) is 3. The summed E-state index contributed by atoms with van der Waals surface area (Å²) in [5.74, 6) is 0.502. The van der Waals surface area contributed by atoms with Gasteiger partial charge in [-0.3, -0.25) is 0 Å². The second-order valence-corrected chi connectivity index (χ2v) is 5.64. The molecular weight excluding hydrogens is 424 g/mol. The Morgan fingerprint density at radius 1 is 1.28 bits per heavy atom. The standard InChI is InChI=1S/C13H15F3NO.C2H6S.C2H6.CH3.Y/c1-18-12-7-10(13(14,15)16)4-5-11(12)9-3-2-6-17-8-9;1-3-2;1-2;;/h5,7,9,17H,2-3,6,8H2,1H3;1-2H3;1-2H3;1H3;/q-1;;;-1;. The van der Waals surface area contributed by atoms with Crippen molar-refractivity contribution in [2.75, 3.05) is 32.7 Å². The second-order valence-electron chi connectivity index (χ2n) is 4.82. The molecule has 0 aliphatic carbocycles. The van der Waals surface area contributed by atoms with Gasteiger partial charge in [-0.1, -0.05) is 25.8 Å². The number of ether oxygens (including phenoxy) is 1. The second kappa shape index (κ2) is 16.4. The molecule has 1 aliphatic rings. The van der Waals surface area contributed by atoms with Gasteiger partial charge in [0.15, 0.2) is 0 Å². The van der Waals surface area contributed by atoms with Crippen molar-refractivity contribution in [1.82, 2.24) is 5.32 Å². The van der Waals surface area contributed by atoms with Crippen molar-refractivity contribution in [2.45, 2.75) is 38.8 Å². The molecule has 1 radical (unpaired) electrons. The minimum atomic E-state index is -4.38. The zero-order valence-corrected chi connectivity index (χ0v) is 19.7. The topological polar surface area (TPSA) is 21.3 Å². The van der Waals surface area contributed by atoms with Gasteiger partial charge in [0, 0.05) is 38.5 Å². The Balaban J connectivity index is -0.000000627. The van der Waals surface area contributed by atoms with E-state index in [4.69, 9.17) is 4.74 Å². The number of halogens is 3. The molecule has 1 N–H and O–H groups in total. The van der Waals surface area contributed by atoms with Gasteiger partial charge in [0.1, 0.15) is 0 Å². The van der Waals surface area contributed by atoms with Gasteiger partial charge < -0.3 is 17.5 Å². The monoisotopic (exact) mass is 454 g/mol. The number of alkyl halides is 3. The average molecular weight is 454 g/mol. The first-order valence-corrected chi connectivity index (χ1v) is 9.35. The Hall–Kier alpha value is 0.224. The van der Waals surface area contributed by atoms with Crippen molar-refractivity contribution in [1.29, 1.82) is 0 Å². The maximum Gasteiger partial charge on any atom is 0.394 e. The zero-order chi connectivity index (χ0) is 17.9. The molecule has 25 heavy (non-hydrogen) atoms. The molecule has 1 heterocycles. The number of methoxy groups -OCH3 is 1. The minimum absolute atomic E-state index is 0. The molecular formula is C18H30F3NOSY-2. The van der Waals surface area contributed by atoms with E-state index >= 15 is 0 Å². The van der Waals surface area contributed by atoms with Crippen molar-refractivity contribution in [2.24, 2.45) is 0 Å². The Labute approximate surface area is 180 Å². The normalized spacial score (nSPS) is 15.9. The van der Waals surface area contributed by atoms with E-state index in [9.17, 15) is 13.2 Å². The van der Waals surface area contributed by atoms with Crippen LogP contribution in [0.4, 0.5) is 13.2 Å². The third-order valence-electron chi connectivity index (χ3n) is 3.21. The van der Waals surface area contributed by atoms with E-state index in [2.05, 4.69) is 11.4 Å². The summed E-state index contributed by atoms with van der Waals surface area (Å²) in [6, 6.07) is 4.76. The van der Waals surface area contributed by atoms with Gasteiger partial charge in [0.25, 0.3) is 0 Å². The van der Waals surface area contributed by atoms with Crippen LogP contribution in [0.5, 0.6) is 5.75 Å². The van der Waals surface area contributed by atoms with Gasteiger partial charge in [-0.25, -0.2) is 0 Å². The average Bonchev–Trinajstić information content (AvgIpc) is 2.57. The van der Waals surface area contributed by atoms with Crippen molar-refractivity contribution < 1.29 is 50.6 Å². The number of thioether (sulfide) groups is 1. The molecule has 1 aromatic rings. The largest absolute Gasteiger partial charge is 0.522 e. The first-order chi connectivity index (χ1) is 10.9. The molecule has 1 aliphatic heterocycles. The van der Waals surface area contributed by atoms with E-state index in [0.717, 1.165) is 37.6 Å². The van der Waals surface area contributed by atoms with Gasteiger partial charge >= 0.3 is 6.18 Å². The number of benzene rings is 1. The molecule has 1 fully saturated rings. The van der Waals surface area contributed by atoms with Crippen LogP contribution in [0.3, 0.4) is 0 Å². The fourth-order valence-corrected chi connectivity index (χ4v) is 2.26. The summed E-state index contributed by atoms with van der Waals surface area (Å²) in [5, 5.41) is 3.24. The third kappa shape index (κ3) is 10.8. The molecule has 0 amide bonds. The van der Waals surface area contributed by atoms with E-state index in [0.29, 0.717) is 5.75 Å². The van der Waals surface area contributed by atoms with Gasteiger partial charge in [0.05, 0.1) is 7.11 Å². The Morgan fingerprint density at radius 3 is 2.24 bits per heavy atom. The summed E-state index contributed by atoms with van der Waals surface area (Å²) in [5.41, 5.74) is 0.0181. The molecule has 1 aromatic carbocycles. The Bertz CT molecular complexity index is 439. The van der Waals surface area contributed by atoms with Crippen LogP contribution in [-0.2, 0) is 38.9 Å². The van der Waals surface area contributed by atoms with Crippen LogP contribution in [0, 0.1) is 13.5 Å². The Kier molecular flexibility index (Phi) is 19.7. The van der Waals surface area contributed by atoms with Crippen LogP contribution < -0.4 is 10.1 Å². The van der Waals surface area contributed by atoms with Gasteiger partial charge in [-0.2, -0.15) is 37.1 Å². The summed E-state index contributed by atoms with van der Waals surface area (Å²) in [7, 11) is 1.40. The Morgan fingerprint density at radius 2 is 1.84 bits per heavy atom.